The summed E-state index contributed by atoms with van der Waals surface area (Å²) in [5.41, 5.74) is -0.524. The Morgan fingerprint density at radius 1 is 1.27 bits per heavy atom. The second-order valence-electron chi connectivity index (χ2n) is 7.44. The number of unbranched alkanes of at least 4 members (excludes halogenated alkanes) is 1. The highest BCUT2D eigenvalue weighted by Gasteiger charge is 2.36. The molecule has 10 heteroatoms. The molecular weight excluding hydrogens is 464 g/mol. The van der Waals surface area contributed by atoms with E-state index in [9.17, 15) is 18.0 Å². The Morgan fingerprint density at radius 2 is 1.96 bits per heavy atom. The summed E-state index contributed by atoms with van der Waals surface area (Å²) in [7, 11) is 0. The monoisotopic (exact) mass is 492 g/mol. The number of aliphatic imine (C=N–C) groups is 1. The molecule has 0 saturated carbocycles. The van der Waals surface area contributed by atoms with Crippen LogP contribution in [0.15, 0.2) is 4.99 Å². The average Bonchev–Trinajstić information content (AvgIpc) is 2.86. The van der Waals surface area contributed by atoms with Gasteiger partial charge in [-0.05, 0) is 33.6 Å². The van der Waals surface area contributed by atoms with Crippen molar-refractivity contribution in [1.29, 1.82) is 0 Å². The van der Waals surface area contributed by atoms with Crippen LogP contribution in [0.4, 0.5) is 18.0 Å². The van der Waals surface area contributed by atoms with Crippen molar-refractivity contribution in [2.75, 3.05) is 32.7 Å². The van der Waals surface area contributed by atoms with Gasteiger partial charge in [0.2, 0.25) is 0 Å². The van der Waals surface area contributed by atoms with Crippen LogP contribution in [-0.2, 0) is 4.74 Å². The summed E-state index contributed by atoms with van der Waals surface area (Å²) in [4.78, 5) is 20.4. The predicted molar refractivity (Wildman–Crippen MR) is 104 cm³/mol. The maximum atomic E-state index is 12.1. The first-order chi connectivity index (χ1) is 11.6. The number of hydrogen-bond donors (Lipinski definition) is 1. The van der Waals surface area contributed by atoms with Crippen LogP contribution in [0.2, 0.25) is 0 Å². The van der Waals surface area contributed by atoms with Crippen LogP contribution in [-0.4, -0.2) is 72.4 Å². The highest BCUT2D eigenvalue weighted by Crippen LogP contribution is 2.22. The molecule has 1 atom stereocenters. The lowest BCUT2D eigenvalue weighted by molar-refractivity contribution is -0.135. The van der Waals surface area contributed by atoms with Gasteiger partial charge in [0, 0.05) is 32.6 Å². The number of hydrogen-bond acceptors (Lipinski definition) is 5. The third-order valence-electron chi connectivity index (χ3n) is 4.03. The largest absolute Gasteiger partial charge is 0.444 e. The summed E-state index contributed by atoms with van der Waals surface area (Å²) in [5, 5.41) is 3.12. The van der Waals surface area contributed by atoms with E-state index in [1.807, 2.05) is 20.8 Å². The first-order valence-electron chi connectivity index (χ1n) is 8.65. The van der Waals surface area contributed by atoms with E-state index in [0.29, 0.717) is 39.1 Å². The third kappa shape index (κ3) is 7.36. The lowest BCUT2D eigenvalue weighted by atomic mass is 10.2. The molecule has 0 aromatic carbocycles. The number of ether oxygens (including phenoxy) is 1. The van der Waals surface area contributed by atoms with Crippen molar-refractivity contribution in [3.05, 3.63) is 0 Å². The molecule has 1 amide bonds. The highest BCUT2D eigenvalue weighted by molar-refractivity contribution is 14.0. The molecule has 26 heavy (non-hydrogen) atoms. The standard InChI is InChI=1S/C16H27F3N4O2.HI/c1-15(2,3)25-14(24)22-8-9-23-12(11-22)10-21-13(23)20-7-5-4-6-16(17,18)19;/h12H,4-11H2,1-3H3,(H,20,21);1H. The Labute approximate surface area is 169 Å². The van der Waals surface area contributed by atoms with E-state index in [4.69, 9.17) is 4.74 Å². The van der Waals surface area contributed by atoms with Gasteiger partial charge >= 0.3 is 12.3 Å². The molecule has 1 N–H and O–H groups in total. The number of piperazine rings is 1. The molecule has 1 fully saturated rings. The fourth-order valence-corrected chi connectivity index (χ4v) is 2.87. The van der Waals surface area contributed by atoms with E-state index in [1.165, 1.54) is 0 Å². The minimum atomic E-state index is -4.09. The molecule has 1 saturated heterocycles. The Hall–Kier alpha value is -0.940. The lowest BCUT2D eigenvalue weighted by Gasteiger charge is -2.39. The zero-order valence-electron chi connectivity index (χ0n) is 15.4. The maximum absolute atomic E-state index is 12.1. The zero-order valence-corrected chi connectivity index (χ0v) is 17.8. The number of nitrogens with one attached hydrogen (secondary N) is 1. The maximum Gasteiger partial charge on any atom is 0.410 e. The van der Waals surface area contributed by atoms with Crippen molar-refractivity contribution < 1.29 is 22.7 Å². The number of fused-ring (bicyclic) bond motifs is 1. The second kappa shape index (κ2) is 9.32. The smallest absolute Gasteiger partial charge is 0.410 e. The molecule has 0 aromatic rings. The van der Waals surface area contributed by atoms with E-state index >= 15 is 0 Å². The van der Waals surface area contributed by atoms with Crippen molar-refractivity contribution in [1.82, 2.24) is 15.1 Å². The zero-order chi connectivity index (χ0) is 18.7. The summed E-state index contributed by atoms with van der Waals surface area (Å²) < 4.78 is 41.7. The van der Waals surface area contributed by atoms with Gasteiger partial charge in [-0.25, -0.2) is 4.79 Å². The fourth-order valence-electron chi connectivity index (χ4n) is 2.87. The second-order valence-corrected chi connectivity index (χ2v) is 7.44. The van der Waals surface area contributed by atoms with E-state index < -0.39 is 18.2 Å². The van der Waals surface area contributed by atoms with Gasteiger partial charge in [-0.2, -0.15) is 13.2 Å². The Morgan fingerprint density at radius 3 is 2.58 bits per heavy atom. The fraction of sp³-hybridized carbons (Fsp3) is 0.875. The van der Waals surface area contributed by atoms with Gasteiger partial charge < -0.3 is 19.9 Å². The SMILES string of the molecule is CC(C)(C)OC(=O)N1CCN2C(NCCCCC(F)(F)F)=NCC2C1.I. The number of alkyl halides is 3. The third-order valence-corrected chi connectivity index (χ3v) is 4.03. The molecule has 2 rings (SSSR count). The predicted octanol–water partition coefficient (Wildman–Crippen LogP) is 3.22. The molecule has 0 spiro atoms. The van der Waals surface area contributed by atoms with Gasteiger partial charge in [-0.1, -0.05) is 0 Å². The van der Waals surface area contributed by atoms with Crippen LogP contribution in [0.25, 0.3) is 0 Å². The molecule has 0 bridgehead atoms. The summed E-state index contributed by atoms with van der Waals surface area (Å²) >= 11 is 0. The average molecular weight is 492 g/mol. The van der Waals surface area contributed by atoms with Gasteiger partial charge in [0.15, 0.2) is 5.96 Å². The lowest BCUT2D eigenvalue weighted by Crippen LogP contribution is -2.57. The Bertz CT molecular complexity index is 509. The van der Waals surface area contributed by atoms with Gasteiger partial charge in [0.25, 0.3) is 0 Å². The molecule has 152 valence electrons. The molecule has 0 aromatic heterocycles. The topological polar surface area (TPSA) is 57.2 Å². The highest BCUT2D eigenvalue weighted by atomic mass is 127. The Kier molecular flexibility index (Phi) is 8.28. The van der Waals surface area contributed by atoms with E-state index in [2.05, 4.69) is 15.2 Å². The number of nitrogens with zero attached hydrogens (tertiary/aromatic N) is 3. The molecule has 0 aliphatic carbocycles. The summed E-state index contributed by atoms with van der Waals surface area (Å²) in [6.45, 7) is 8.26. The van der Waals surface area contributed by atoms with Crippen LogP contribution in [0, 0.1) is 0 Å². The minimum absolute atomic E-state index is 0. The van der Waals surface area contributed by atoms with Crippen molar-refractivity contribution in [3.8, 4) is 0 Å². The van der Waals surface area contributed by atoms with Gasteiger partial charge in [-0.3, -0.25) is 4.99 Å². The van der Waals surface area contributed by atoms with Crippen LogP contribution in [0.5, 0.6) is 0 Å². The molecule has 1 unspecified atom stereocenters. The summed E-state index contributed by atoms with van der Waals surface area (Å²) in [5.74, 6) is 0.723. The van der Waals surface area contributed by atoms with E-state index in [0.717, 1.165) is 5.96 Å². The van der Waals surface area contributed by atoms with Crippen molar-refractivity contribution >= 4 is 36.0 Å². The first-order valence-corrected chi connectivity index (χ1v) is 8.65. The Balaban J connectivity index is 0.00000338. The van der Waals surface area contributed by atoms with Crippen molar-refractivity contribution in [2.24, 2.45) is 4.99 Å². The van der Waals surface area contributed by atoms with Gasteiger partial charge in [0.1, 0.15) is 5.60 Å². The molecule has 2 aliphatic heterocycles. The number of carbonyl (C=O) groups excluding carboxylic acids is 1. The quantitative estimate of drug-likeness (QED) is 0.484. The van der Waals surface area contributed by atoms with E-state index in [-0.39, 0.29) is 42.5 Å². The van der Waals surface area contributed by atoms with Crippen LogP contribution >= 0.6 is 24.0 Å². The number of amides is 1. The van der Waals surface area contributed by atoms with Gasteiger partial charge in [-0.15, -0.1) is 24.0 Å². The molecule has 2 aliphatic rings. The van der Waals surface area contributed by atoms with Gasteiger partial charge in [0.05, 0.1) is 12.6 Å². The normalized spacial score (nSPS) is 20.2. The molecule has 2 heterocycles. The molecule has 0 radical (unpaired) electrons. The molecular formula is C16H28F3IN4O2. The number of carbonyl (C=O) groups is 1. The van der Waals surface area contributed by atoms with E-state index in [1.54, 1.807) is 4.90 Å². The number of guanidine groups is 1. The summed E-state index contributed by atoms with van der Waals surface area (Å²) in [6, 6.07) is 0.0962. The van der Waals surface area contributed by atoms with Crippen LogP contribution in [0.1, 0.15) is 40.0 Å². The minimum Gasteiger partial charge on any atom is -0.444 e. The summed E-state index contributed by atoms with van der Waals surface area (Å²) in [6.07, 6.45) is -4.60. The van der Waals surface area contributed by atoms with Crippen molar-refractivity contribution in [2.45, 2.75) is 57.9 Å². The number of rotatable bonds is 4. The molecule has 6 nitrogen and oxygen atoms in total. The van der Waals surface area contributed by atoms with Crippen LogP contribution in [0.3, 0.4) is 0 Å². The van der Waals surface area contributed by atoms with Crippen molar-refractivity contribution in [3.63, 3.8) is 0 Å². The van der Waals surface area contributed by atoms with Crippen LogP contribution < -0.4 is 5.32 Å². The first kappa shape index (κ1) is 23.1. The number of halogens is 4.